The van der Waals surface area contributed by atoms with E-state index in [-0.39, 0.29) is 0 Å². The van der Waals surface area contributed by atoms with Crippen LogP contribution in [0.15, 0.2) is 206 Å². The quantitative estimate of drug-likeness (QED) is 0.158. The Labute approximate surface area is 346 Å². The number of aromatic nitrogens is 4. The van der Waals surface area contributed by atoms with Crippen molar-refractivity contribution in [3.8, 4) is 67.4 Å². The van der Waals surface area contributed by atoms with Gasteiger partial charge < -0.3 is 0 Å². The number of hydrogen-bond acceptors (Lipinski definition) is 4. The van der Waals surface area contributed by atoms with Gasteiger partial charge in [0.2, 0.25) is 0 Å². The van der Waals surface area contributed by atoms with E-state index in [1.807, 2.05) is 36.5 Å². The first-order valence-corrected chi connectivity index (χ1v) is 20.3. The van der Waals surface area contributed by atoms with E-state index in [9.17, 15) is 0 Å². The van der Waals surface area contributed by atoms with Crippen LogP contribution in [0.2, 0.25) is 0 Å². The van der Waals surface area contributed by atoms with Gasteiger partial charge in [0.15, 0.2) is 5.82 Å². The number of pyridine rings is 2. The summed E-state index contributed by atoms with van der Waals surface area (Å²) >= 11 is 0. The highest BCUT2D eigenvalue weighted by atomic mass is 14.9. The highest BCUT2D eigenvalue weighted by molar-refractivity contribution is 6.25. The summed E-state index contributed by atoms with van der Waals surface area (Å²) in [6, 6.07) is 71.0. The maximum Gasteiger partial charge on any atom is 0.160 e. The molecule has 0 fully saturated rings. The van der Waals surface area contributed by atoms with E-state index in [4.69, 9.17) is 19.9 Å². The Bertz CT molecular complexity index is 3560. The van der Waals surface area contributed by atoms with Crippen LogP contribution in [-0.4, -0.2) is 19.9 Å². The molecule has 3 heterocycles. The molecule has 0 aliphatic carbocycles. The van der Waals surface area contributed by atoms with Gasteiger partial charge in [-0.1, -0.05) is 164 Å². The topological polar surface area (TPSA) is 51.6 Å². The first kappa shape index (κ1) is 34.0. The molecule has 0 atom stereocenters. The summed E-state index contributed by atoms with van der Waals surface area (Å²) in [5, 5.41) is 9.65. The van der Waals surface area contributed by atoms with Gasteiger partial charge in [0, 0.05) is 39.2 Å². The SMILES string of the molecule is c1ccc(-c2ccc(-c3cc(-c4cc(-c5ccc6ccc7cccnc7c6n5)cc(-c5ccc6ccc7cccc8ccc5c6c78)c4)nc(-c4ccccc4)n3)cc2)cc1. The highest BCUT2D eigenvalue weighted by Gasteiger charge is 2.18. The van der Waals surface area contributed by atoms with E-state index in [2.05, 4.69) is 170 Å². The molecule has 4 nitrogen and oxygen atoms in total. The predicted octanol–water partition coefficient (Wildman–Crippen LogP) is 14.5. The third-order valence-electron chi connectivity index (χ3n) is 11.8. The molecule has 12 rings (SSSR count). The minimum Gasteiger partial charge on any atom is -0.254 e. The van der Waals surface area contributed by atoms with Crippen LogP contribution in [0.5, 0.6) is 0 Å². The van der Waals surface area contributed by atoms with Crippen LogP contribution in [0.4, 0.5) is 0 Å². The number of hydrogen-bond donors (Lipinski definition) is 0. The average molecular weight is 763 g/mol. The Morgan fingerprint density at radius 2 is 0.833 bits per heavy atom. The zero-order valence-corrected chi connectivity index (χ0v) is 32.4. The second-order valence-corrected chi connectivity index (χ2v) is 15.4. The molecule has 12 aromatic rings. The molecule has 0 bridgehead atoms. The fraction of sp³-hybridized carbons (Fsp3) is 0. The second kappa shape index (κ2) is 13.8. The number of nitrogens with zero attached hydrogens (tertiary/aromatic N) is 4. The molecule has 0 amide bonds. The minimum absolute atomic E-state index is 0.672. The first-order valence-electron chi connectivity index (χ1n) is 20.3. The van der Waals surface area contributed by atoms with Crippen LogP contribution >= 0.6 is 0 Å². The molecule has 0 radical (unpaired) electrons. The number of benzene rings is 9. The predicted molar refractivity (Wildman–Crippen MR) is 249 cm³/mol. The Morgan fingerprint density at radius 3 is 1.60 bits per heavy atom. The third kappa shape index (κ3) is 5.77. The van der Waals surface area contributed by atoms with Gasteiger partial charge in [-0.15, -0.1) is 0 Å². The van der Waals surface area contributed by atoms with E-state index in [0.29, 0.717) is 5.82 Å². The van der Waals surface area contributed by atoms with Crippen molar-refractivity contribution in [2.75, 3.05) is 0 Å². The Balaban J connectivity index is 1.10. The Morgan fingerprint density at radius 1 is 0.283 bits per heavy atom. The summed E-state index contributed by atoms with van der Waals surface area (Å²) in [5.41, 5.74) is 12.9. The summed E-state index contributed by atoms with van der Waals surface area (Å²) in [6.07, 6.45) is 1.84. The normalized spacial score (nSPS) is 11.7. The Hall–Kier alpha value is -8.08. The zero-order valence-electron chi connectivity index (χ0n) is 32.4. The van der Waals surface area contributed by atoms with Crippen molar-refractivity contribution in [2.24, 2.45) is 0 Å². The van der Waals surface area contributed by atoms with Gasteiger partial charge in [-0.05, 0) is 91.0 Å². The molecular weight excluding hydrogens is 729 g/mol. The van der Waals surface area contributed by atoms with Crippen LogP contribution < -0.4 is 0 Å². The van der Waals surface area contributed by atoms with Crippen LogP contribution in [0.25, 0.3) is 122 Å². The van der Waals surface area contributed by atoms with Crippen LogP contribution in [-0.2, 0) is 0 Å². The van der Waals surface area contributed by atoms with Gasteiger partial charge >= 0.3 is 0 Å². The molecule has 4 heteroatoms. The summed E-state index contributed by atoms with van der Waals surface area (Å²) in [4.78, 5) is 20.6. The van der Waals surface area contributed by atoms with Crippen molar-refractivity contribution in [1.82, 2.24) is 19.9 Å². The van der Waals surface area contributed by atoms with Crippen LogP contribution in [0.3, 0.4) is 0 Å². The van der Waals surface area contributed by atoms with Crippen molar-refractivity contribution < 1.29 is 0 Å². The largest absolute Gasteiger partial charge is 0.254 e. The number of rotatable bonds is 6. The average Bonchev–Trinajstić information content (AvgIpc) is 3.33. The fourth-order valence-electron chi connectivity index (χ4n) is 8.87. The van der Waals surface area contributed by atoms with Crippen LogP contribution in [0, 0.1) is 0 Å². The lowest BCUT2D eigenvalue weighted by atomic mass is 9.88. The standard InChI is InChI=1S/C56H34N4/c1-3-9-35(10-4-1)36-16-18-37(19-17-36)50-34-51(60-56(59-50)43-11-5-2-6-12-43)46-32-44(47-27-24-40-21-20-38-13-7-14-39-25-28-48(47)53(40)52(38)39)31-45(33-46)49-29-26-42-23-22-41-15-8-30-57-54(41)55(42)58-49/h1-34H. The highest BCUT2D eigenvalue weighted by Crippen LogP contribution is 2.42. The minimum atomic E-state index is 0.672. The van der Waals surface area contributed by atoms with Crippen molar-refractivity contribution in [3.05, 3.63) is 206 Å². The lowest BCUT2D eigenvalue weighted by Gasteiger charge is -2.16. The third-order valence-corrected chi connectivity index (χ3v) is 11.8. The molecule has 0 N–H and O–H groups in total. The summed E-state index contributed by atoms with van der Waals surface area (Å²) in [6.45, 7) is 0. The second-order valence-electron chi connectivity index (χ2n) is 15.4. The molecule has 0 unspecified atom stereocenters. The zero-order chi connectivity index (χ0) is 39.6. The van der Waals surface area contributed by atoms with Crippen molar-refractivity contribution in [2.45, 2.75) is 0 Å². The smallest absolute Gasteiger partial charge is 0.160 e. The van der Waals surface area contributed by atoms with Gasteiger partial charge in [0.05, 0.1) is 28.1 Å². The lowest BCUT2D eigenvalue weighted by molar-refractivity contribution is 1.18. The summed E-state index contributed by atoms with van der Waals surface area (Å²) < 4.78 is 0. The summed E-state index contributed by atoms with van der Waals surface area (Å²) in [7, 11) is 0. The van der Waals surface area contributed by atoms with E-state index >= 15 is 0 Å². The molecule has 3 aromatic heterocycles. The van der Waals surface area contributed by atoms with Crippen molar-refractivity contribution in [3.63, 3.8) is 0 Å². The van der Waals surface area contributed by atoms with Gasteiger partial charge in [-0.2, -0.15) is 0 Å². The maximum absolute atomic E-state index is 5.34. The van der Waals surface area contributed by atoms with Gasteiger partial charge in [-0.3, -0.25) is 4.98 Å². The van der Waals surface area contributed by atoms with Gasteiger partial charge in [0.25, 0.3) is 0 Å². The molecule has 0 aliphatic heterocycles. The van der Waals surface area contributed by atoms with E-state index < -0.39 is 0 Å². The van der Waals surface area contributed by atoms with Gasteiger partial charge in [-0.25, -0.2) is 15.0 Å². The lowest BCUT2D eigenvalue weighted by Crippen LogP contribution is -1.97. The monoisotopic (exact) mass is 762 g/mol. The molecule has 0 aliphatic rings. The van der Waals surface area contributed by atoms with Crippen LogP contribution in [0.1, 0.15) is 0 Å². The molecule has 9 aromatic carbocycles. The molecular formula is C56H34N4. The van der Waals surface area contributed by atoms with Gasteiger partial charge in [0.1, 0.15) is 0 Å². The number of fused-ring (bicyclic) bond motifs is 3. The molecule has 0 saturated carbocycles. The summed E-state index contributed by atoms with van der Waals surface area (Å²) in [5.74, 6) is 0.672. The van der Waals surface area contributed by atoms with Crippen molar-refractivity contribution >= 4 is 54.1 Å². The van der Waals surface area contributed by atoms with Crippen molar-refractivity contribution in [1.29, 1.82) is 0 Å². The molecule has 0 spiro atoms. The van der Waals surface area contributed by atoms with E-state index in [0.717, 1.165) is 77.8 Å². The van der Waals surface area contributed by atoms with E-state index in [1.165, 1.54) is 37.9 Å². The molecule has 60 heavy (non-hydrogen) atoms. The maximum atomic E-state index is 5.34. The molecule has 278 valence electrons. The fourth-order valence-corrected chi connectivity index (χ4v) is 8.87. The van der Waals surface area contributed by atoms with E-state index in [1.54, 1.807) is 0 Å². The molecule has 0 saturated heterocycles. The Kier molecular flexibility index (Phi) is 7.82. The first-order chi connectivity index (χ1) is 29.7.